The lowest BCUT2D eigenvalue weighted by molar-refractivity contribution is -0.116. The first kappa shape index (κ1) is 20.3. The van der Waals surface area contributed by atoms with E-state index >= 15 is 0 Å². The second-order valence-corrected chi connectivity index (χ2v) is 9.14. The van der Waals surface area contributed by atoms with E-state index in [2.05, 4.69) is 19.9 Å². The number of aromatic nitrogens is 4. The van der Waals surface area contributed by atoms with Gasteiger partial charge < -0.3 is 9.88 Å². The van der Waals surface area contributed by atoms with Gasteiger partial charge in [0.05, 0.1) is 11.7 Å². The standard InChI is InChI=1S/C23H19N5O2S2/c1-15-24-8-9-27(15)11-16-4-6-17(7-5-16)26-20(29)12-28-14-25-22-21(23(28)30)18(13-32-22)19-3-2-10-31-19/h2-10,13-14H,11-12H2,1H3,(H,26,29). The summed E-state index contributed by atoms with van der Waals surface area (Å²) in [6.07, 6.45) is 5.15. The van der Waals surface area contributed by atoms with E-state index in [0.29, 0.717) is 22.4 Å². The van der Waals surface area contributed by atoms with Crippen LogP contribution in [0.1, 0.15) is 11.4 Å². The molecule has 0 radical (unpaired) electrons. The SMILES string of the molecule is Cc1nccn1Cc1ccc(NC(=O)Cn2cnc3scc(-c4cccs4)c3c2=O)cc1. The van der Waals surface area contributed by atoms with Gasteiger partial charge >= 0.3 is 0 Å². The summed E-state index contributed by atoms with van der Waals surface area (Å²) in [5.41, 5.74) is 2.45. The molecule has 0 aliphatic heterocycles. The van der Waals surface area contributed by atoms with E-state index in [1.165, 1.54) is 22.2 Å². The number of hydrogen-bond donors (Lipinski definition) is 1. The average Bonchev–Trinajstić information content (AvgIpc) is 3.53. The fourth-order valence-electron chi connectivity index (χ4n) is 3.51. The first-order valence-corrected chi connectivity index (χ1v) is 11.7. The molecule has 4 aromatic heterocycles. The molecule has 1 N–H and O–H groups in total. The van der Waals surface area contributed by atoms with Gasteiger partial charge in [-0.25, -0.2) is 9.97 Å². The minimum absolute atomic E-state index is 0.0997. The molecule has 0 bridgehead atoms. The van der Waals surface area contributed by atoms with Crippen LogP contribution in [0.4, 0.5) is 5.69 Å². The molecule has 0 unspecified atom stereocenters. The van der Waals surface area contributed by atoms with Gasteiger partial charge in [-0.15, -0.1) is 22.7 Å². The molecule has 7 nitrogen and oxygen atoms in total. The smallest absolute Gasteiger partial charge is 0.263 e. The summed E-state index contributed by atoms with van der Waals surface area (Å²) in [6, 6.07) is 11.6. The van der Waals surface area contributed by atoms with Crippen molar-refractivity contribution in [3.05, 3.63) is 87.6 Å². The highest BCUT2D eigenvalue weighted by Crippen LogP contribution is 2.33. The zero-order valence-corrected chi connectivity index (χ0v) is 18.8. The van der Waals surface area contributed by atoms with Crippen LogP contribution in [0.15, 0.2) is 70.7 Å². The Hall–Kier alpha value is -3.56. The van der Waals surface area contributed by atoms with Crippen LogP contribution >= 0.6 is 22.7 Å². The first-order valence-electron chi connectivity index (χ1n) is 9.95. The largest absolute Gasteiger partial charge is 0.331 e. The highest BCUT2D eigenvalue weighted by atomic mass is 32.1. The topological polar surface area (TPSA) is 81.8 Å². The van der Waals surface area contributed by atoms with Crippen molar-refractivity contribution in [3.8, 4) is 10.4 Å². The number of fused-ring (bicyclic) bond motifs is 1. The Kier molecular flexibility index (Phi) is 5.42. The lowest BCUT2D eigenvalue weighted by Crippen LogP contribution is -2.27. The second kappa shape index (κ2) is 8.52. The van der Waals surface area contributed by atoms with E-state index in [4.69, 9.17) is 0 Å². The van der Waals surface area contributed by atoms with Crippen LogP contribution in [0, 0.1) is 6.92 Å². The molecule has 0 fully saturated rings. The molecule has 160 valence electrons. The van der Waals surface area contributed by atoms with E-state index < -0.39 is 0 Å². The van der Waals surface area contributed by atoms with E-state index in [0.717, 1.165) is 21.8 Å². The Balaban J connectivity index is 1.31. The van der Waals surface area contributed by atoms with Gasteiger partial charge in [-0.2, -0.15) is 0 Å². The normalized spacial score (nSPS) is 11.2. The number of benzene rings is 1. The molecule has 1 aromatic carbocycles. The maximum absolute atomic E-state index is 13.1. The van der Waals surface area contributed by atoms with Gasteiger partial charge in [-0.05, 0) is 36.1 Å². The maximum Gasteiger partial charge on any atom is 0.263 e. The van der Waals surface area contributed by atoms with Gasteiger partial charge in [0.15, 0.2) is 0 Å². The van der Waals surface area contributed by atoms with Gasteiger partial charge in [-0.1, -0.05) is 18.2 Å². The molecule has 0 saturated carbocycles. The zero-order chi connectivity index (χ0) is 22.1. The lowest BCUT2D eigenvalue weighted by atomic mass is 10.2. The van der Waals surface area contributed by atoms with Crippen molar-refractivity contribution in [1.29, 1.82) is 0 Å². The number of thiophene rings is 2. The Morgan fingerprint density at radius 3 is 2.66 bits per heavy atom. The number of nitrogens with zero attached hydrogens (tertiary/aromatic N) is 4. The van der Waals surface area contributed by atoms with Crippen LogP contribution in [0.5, 0.6) is 0 Å². The fraction of sp³-hybridized carbons (Fsp3) is 0.130. The highest BCUT2D eigenvalue weighted by molar-refractivity contribution is 7.18. The molecular weight excluding hydrogens is 442 g/mol. The van der Waals surface area contributed by atoms with Crippen molar-refractivity contribution >= 4 is 44.5 Å². The van der Waals surface area contributed by atoms with Crippen molar-refractivity contribution in [3.63, 3.8) is 0 Å². The quantitative estimate of drug-likeness (QED) is 0.407. The number of imidazole rings is 1. The number of anilines is 1. The van der Waals surface area contributed by atoms with Gasteiger partial charge in [-0.3, -0.25) is 14.2 Å². The van der Waals surface area contributed by atoms with Crippen LogP contribution in [0.25, 0.3) is 20.7 Å². The summed E-state index contributed by atoms with van der Waals surface area (Å²) in [6.45, 7) is 2.58. The van der Waals surface area contributed by atoms with Gasteiger partial charge in [0.2, 0.25) is 5.91 Å². The Morgan fingerprint density at radius 2 is 1.94 bits per heavy atom. The molecule has 5 aromatic rings. The van der Waals surface area contributed by atoms with Crippen LogP contribution in [0.2, 0.25) is 0 Å². The predicted molar refractivity (Wildman–Crippen MR) is 128 cm³/mol. The van der Waals surface area contributed by atoms with Crippen LogP contribution < -0.4 is 10.9 Å². The number of amides is 1. The third kappa shape index (κ3) is 4.00. The van der Waals surface area contributed by atoms with Crippen molar-refractivity contribution in [2.75, 3.05) is 5.32 Å². The van der Waals surface area contributed by atoms with Crippen molar-refractivity contribution in [2.24, 2.45) is 0 Å². The fourth-order valence-corrected chi connectivity index (χ4v) is 5.23. The number of rotatable bonds is 6. The maximum atomic E-state index is 13.1. The van der Waals surface area contributed by atoms with Crippen LogP contribution in [-0.2, 0) is 17.9 Å². The number of aryl methyl sites for hydroxylation is 1. The average molecular weight is 462 g/mol. The third-order valence-electron chi connectivity index (χ3n) is 5.18. The lowest BCUT2D eigenvalue weighted by Gasteiger charge is -2.09. The van der Waals surface area contributed by atoms with E-state index in [1.54, 1.807) is 17.5 Å². The number of carbonyl (C=O) groups is 1. The van der Waals surface area contributed by atoms with Crippen LogP contribution in [-0.4, -0.2) is 25.0 Å². The monoisotopic (exact) mass is 461 g/mol. The highest BCUT2D eigenvalue weighted by Gasteiger charge is 2.15. The molecule has 0 aliphatic carbocycles. The summed E-state index contributed by atoms with van der Waals surface area (Å²) in [4.78, 5) is 36.0. The minimum atomic E-state index is -0.278. The van der Waals surface area contributed by atoms with Crippen LogP contribution in [0.3, 0.4) is 0 Å². The van der Waals surface area contributed by atoms with Crippen molar-refractivity contribution in [2.45, 2.75) is 20.0 Å². The van der Waals surface area contributed by atoms with Crippen molar-refractivity contribution < 1.29 is 4.79 Å². The third-order valence-corrected chi connectivity index (χ3v) is 6.97. The Bertz CT molecular complexity index is 1450. The van der Waals surface area contributed by atoms with Gasteiger partial charge in [0, 0.05) is 40.4 Å². The van der Waals surface area contributed by atoms with Gasteiger partial charge in [0.25, 0.3) is 5.56 Å². The molecule has 0 spiro atoms. The minimum Gasteiger partial charge on any atom is -0.331 e. The Labute approximate surface area is 191 Å². The summed E-state index contributed by atoms with van der Waals surface area (Å²) in [5.74, 6) is 0.672. The Morgan fingerprint density at radius 1 is 1.09 bits per heavy atom. The molecule has 1 amide bonds. The molecule has 32 heavy (non-hydrogen) atoms. The molecular formula is C23H19N5O2S2. The molecule has 9 heteroatoms. The van der Waals surface area contributed by atoms with Gasteiger partial charge in [0.1, 0.15) is 17.2 Å². The first-order chi connectivity index (χ1) is 15.6. The summed E-state index contributed by atoms with van der Waals surface area (Å²) >= 11 is 3.01. The number of carbonyl (C=O) groups excluding carboxylic acids is 1. The van der Waals surface area contributed by atoms with E-state index in [-0.39, 0.29) is 18.0 Å². The summed E-state index contributed by atoms with van der Waals surface area (Å²) in [5, 5.41) is 7.34. The second-order valence-electron chi connectivity index (χ2n) is 7.33. The van der Waals surface area contributed by atoms with E-state index in [1.807, 2.05) is 60.3 Å². The summed E-state index contributed by atoms with van der Waals surface area (Å²) in [7, 11) is 0. The number of hydrogen-bond acceptors (Lipinski definition) is 6. The predicted octanol–water partition coefficient (Wildman–Crippen LogP) is 4.38. The molecule has 4 heterocycles. The molecule has 0 aliphatic rings. The molecule has 0 atom stereocenters. The zero-order valence-electron chi connectivity index (χ0n) is 17.2. The van der Waals surface area contributed by atoms with Crippen molar-refractivity contribution in [1.82, 2.24) is 19.1 Å². The molecule has 0 saturated heterocycles. The number of nitrogens with one attached hydrogen (secondary N) is 1. The van der Waals surface area contributed by atoms with E-state index in [9.17, 15) is 9.59 Å². The summed E-state index contributed by atoms with van der Waals surface area (Å²) < 4.78 is 3.41. The molecule has 5 rings (SSSR count).